The average Bonchev–Trinajstić information content (AvgIpc) is 2.67. The molecule has 0 aliphatic heterocycles. The van der Waals surface area contributed by atoms with Crippen molar-refractivity contribution in [2.24, 2.45) is 5.73 Å². The number of aromatic amines is 1. The Balaban J connectivity index is 2.25. The molecule has 4 N–H and O–H groups in total. The fourth-order valence-corrected chi connectivity index (χ4v) is 1.91. The first-order chi connectivity index (χ1) is 8.37. The maximum Gasteiger partial charge on any atom is 0.272 e. The molecule has 0 aliphatic rings. The summed E-state index contributed by atoms with van der Waals surface area (Å²) < 4.78 is 0.907. The fraction of sp³-hybridized carbons (Fsp3) is 0.333. The van der Waals surface area contributed by atoms with Crippen LogP contribution in [0, 0.1) is 0 Å². The van der Waals surface area contributed by atoms with E-state index in [0.29, 0.717) is 12.2 Å². The molecule has 0 saturated heterocycles. The van der Waals surface area contributed by atoms with Crippen molar-refractivity contribution in [1.29, 1.82) is 0 Å². The first kappa shape index (κ1) is 13.0. The van der Waals surface area contributed by atoms with Gasteiger partial charge in [0.2, 0.25) is 0 Å². The van der Waals surface area contributed by atoms with Gasteiger partial charge >= 0.3 is 0 Å². The summed E-state index contributed by atoms with van der Waals surface area (Å²) in [5.41, 5.74) is 6.60. The van der Waals surface area contributed by atoms with Gasteiger partial charge in [-0.2, -0.15) is 5.10 Å². The molecule has 2 aromatic rings. The van der Waals surface area contributed by atoms with Gasteiger partial charge in [0.25, 0.3) is 5.91 Å². The molecule has 2 rings (SSSR count). The Kier molecular flexibility index (Phi) is 3.41. The van der Waals surface area contributed by atoms with Crippen molar-refractivity contribution in [1.82, 2.24) is 15.5 Å². The summed E-state index contributed by atoms with van der Waals surface area (Å²) >= 11 is 3.38. The number of amides is 1. The molecule has 0 atom stereocenters. The number of nitrogens with two attached hydrogens (primary N) is 1. The van der Waals surface area contributed by atoms with E-state index in [1.165, 1.54) is 0 Å². The maximum atomic E-state index is 12.0. The van der Waals surface area contributed by atoms with Crippen LogP contribution in [0.1, 0.15) is 24.3 Å². The number of fused-ring (bicyclic) bond motifs is 1. The van der Waals surface area contributed by atoms with E-state index < -0.39 is 5.54 Å². The van der Waals surface area contributed by atoms with Crippen LogP contribution in [0.4, 0.5) is 0 Å². The number of rotatable bonds is 3. The van der Waals surface area contributed by atoms with E-state index in [9.17, 15) is 4.79 Å². The van der Waals surface area contributed by atoms with Crippen molar-refractivity contribution in [3.8, 4) is 0 Å². The molecule has 1 amide bonds. The maximum absolute atomic E-state index is 12.0. The third kappa shape index (κ3) is 2.88. The zero-order valence-electron chi connectivity index (χ0n) is 10.2. The standard InChI is InChI=1S/C12H15BrN4O/c1-12(2,14)6-15-11(18)10-8-5-7(13)3-4-9(8)16-17-10/h3-5H,6,14H2,1-2H3,(H,15,18)(H,16,17). The molecule has 0 spiro atoms. The van der Waals surface area contributed by atoms with E-state index in [0.717, 1.165) is 15.4 Å². The molecule has 0 unspecified atom stereocenters. The van der Waals surface area contributed by atoms with Crippen molar-refractivity contribution >= 4 is 32.7 Å². The van der Waals surface area contributed by atoms with Crippen molar-refractivity contribution in [3.05, 3.63) is 28.4 Å². The second-order valence-corrected chi connectivity index (χ2v) is 5.85. The predicted molar refractivity (Wildman–Crippen MR) is 74.4 cm³/mol. The highest BCUT2D eigenvalue weighted by Crippen LogP contribution is 2.20. The molecule has 1 heterocycles. The molecule has 6 heteroatoms. The number of H-pyrrole nitrogens is 1. The summed E-state index contributed by atoms with van der Waals surface area (Å²) in [6, 6.07) is 5.63. The molecule has 1 aromatic carbocycles. The number of hydrogen-bond acceptors (Lipinski definition) is 3. The monoisotopic (exact) mass is 310 g/mol. The molecular weight excluding hydrogens is 296 g/mol. The van der Waals surface area contributed by atoms with Crippen LogP contribution in [0.5, 0.6) is 0 Å². The quantitative estimate of drug-likeness (QED) is 0.808. The first-order valence-corrected chi connectivity index (χ1v) is 6.37. The van der Waals surface area contributed by atoms with E-state index in [1.807, 2.05) is 32.0 Å². The van der Waals surface area contributed by atoms with Gasteiger partial charge in [0.05, 0.1) is 5.52 Å². The van der Waals surface area contributed by atoms with E-state index in [-0.39, 0.29) is 5.91 Å². The molecule has 0 fully saturated rings. The van der Waals surface area contributed by atoms with Crippen LogP contribution in [0.25, 0.3) is 10.9 Å². The summed E-state index contributed by atoms with van der Waals surface area (Å²) in [5.74, 6) is -0.224. The molecule has 1 aromatic heterocycles. The largest absolute Gasteiger partial charge is 0.349 e. The zero-order chi connectivity index (χ0) is 13.3. The summed E-state index contributed by atoms with van der Waals surface area (Å²) in [4.78, 5) is 12.0. The Morgan fingerprint density at radius 2 is 2.28 bits per heavy atom. The lowest BCUT2D eigenvalue weighted by Gasteiger charge is -2.18. The second kappa shape index (κ2) is 4.70. The van der Waals surface area contributed by atoms with Crippen LogP contribution >= 0.6 is 15.9 Å². The molecule has 0 saturated carbocycles. The summed E-state index contributed by atoms with van der Waals surface area (Å²) in [7, 11) is 0. The average molecular weight is 311 g/mol. The minimum absolute atomic E-state index is 0.224. The van der Waals surface area contributed by atoms with E-state index in [4.69, 9.17) is 5.73 Å². The van der Waals surface area contributed by atoms with E-state index >= 15 is 0 Å². The van der Waals surface area contributed by atoms with Gasteiger partial charge in [-0.1, -0.05) is 15.9 Å². The highest BCUT2D eigenvalue weighted by molar-refractivity contribution is 9.10. The molecule has 18 heavy (non-hydrogen) atoms. The smallest absolute Gasteiger partial charge is 0.272 e. The topological polar surface area (TPSA) is 83.8 Å². The van der Waals surface area contributed by atoms with Crippen molar-refractivity contribution in [2.75, 3.05) is 6.54 Å². The molecule has 5 nitrogen and oxygen atoms in total. The van der Waals surface area contributed by atoms with Gasteiger partial charge in [-0.25, -0.2) is 0 Å². The summed E-state index contributed by atoms with van der Waals surface area (Å²) in [6.45, 7) is 4.10. The van der Waals surface area contributed by atoms with Crippen molar-refractivity contribution in [2.45, 2.75) is 19.4 Å². The number of carbonyl (C=O) groups excluding carboxylic acids is 1. The zero-order valence-corrected chi connectivity index (χ0v) is 11.8. The van der Waals surface area contributed by atoms with Crippen LogP contribution in [-0.4, -0.2) is 28.2 Å². The van der Waals surface area contributed by atoms with Crippen LogP contribution in [0.15, 0.2) is 22.7 Å². The van der Waals surface area contributed by atoms with Gasteiger partial charge in [0.15, 0.2) is 5.69 Å². The Morgan fingerprint density at radius 3 is 2.94 bits per heavy atom. The number of carbonyl (C=O) groups is 1. The Bertz CT molecular complexity index is 585. The fourth-order valence-electron chi connectivity index (χ4n) is 1.55. The molecule has 0 aliphatic carbocycles. The number of nitrogens with zero attached hydrogens (tertiary/aromatic N) is 1. The number of halogens is 1. The van der Waals surface area contributed by atoms with Crippen LogP contribution in [0.2, 0.25) is 0 Å². The molecule has 96 valence electrons. The Labute approximate surface area is 113 Å². The third-order valence-electron chi connectivity index (χ3n) is 2.44. The summed E-state index contributed by atoms with van der Waals surface area (Å²) in [5, 5.41) is 10.4. The van der Waals surface area contributed by atoms with Gasteiger partial charge < -0.3 is 11.1 Å². The van der Waals surface area contributed by atoms with Crippen LogP contribution in [0.3, 0.4) is 0 Å². The van der Waals surface area contributed by atoms with Gasteiger partial charge in [-0.05, 0) is 32.0 Å². The number of benzene rings is 1. The lowest BCUT2D eigenvalue weighted by molar-refractivity contribution is 0.0942. The number of hydrogen-bond donors (Lipinski definition) is 3. The Morgan fingerprint density at radius 1 is 1.56 bits per heavy atom. The SMILES string of the molecule is CC(C)(N)CNC(=O)c1n[nH]c2ccc(Br)cc12. The minimum Gasteiger partial charge on any atom is -0.349 e. The third-order valence-corrected chi connectivity index (χ3v) is 2.94. The number of nitrogens with one attached hydrogen (secondary N) is 2. The van der Waals surface area contributed by atoms with Crippen molar-refractivity contribution in [3.63, 3.8) is 0 Å². The molecular formula is C12H15BrN4O. The molecule has 0 bridgehead atoms. The first-order valence-electron chi connectivity index (χ1n) is 5.57. The van der Waals surface area contributed by atoms with Gasteiger partial charge in [-0.3, -0.25) is 9.89 Å². The van der Waals surface area contributed by atoms with Gasteiger partial charge in [-0.15, -0.1) is 0 Å². The van der Waals surface area contributed by atoms with E-state index in [2.05, 4.69) is 31.4 Å². The predicted octanol–water partition coefficient (Wildman–Crippen LogP) is 1.79. The second-order valence-electron chi connectivity index (χ2n) is 4.93. The Hall–Kier alpha value is -1.40. The minimum atomic E-state index is -0.442. The van der Waals surface area contributed by atoms with Gasteiger partial charge in [0.1, 0.15) is 0 Å². The normalized spacial score (nSPS) is 11.8. The van der Waals surface area contributed by atoms with Crippen LogP contribution < -0.4 is 11.1 Å². The van der Waals surface area contributed by atoms with E-state index in [1.54, 1.807) is 0 Å². The van der Waals surface area contributed by atoms with Crippen LogP contribution in [-0.2, 0) is 0 Å². The number of aromatic nitrogens is 2. The van der Waals surface area contributed by atoms with Crippen molar-refractivity contribution < 1.29 is 4.79 Å². The lowest BCUT2D eigenvalue weighted by atomic mass is 10.1. The molecule has 0 radical (unpaired) electrons. The van der Waals surface area contributed by atoms with Gasteiger partial charge in [0, 0.05) is 21.9 Å². The highest BCUT2D eigenvalue weighted by Gasteiger charge is 2.17. The highest BCUT2D eigenvalue weighted by atomic mass is 79.9. The lowest BCUT2D eigenvalue weighted by Crippen LogP contribution is -2.45. The summed E-state index contributed by atoms with van der Waals surface area (Å²) in [6.07, 6.45) is 0.